The standard InChI is InChI=1S/C22H22N8O3/c1-12-17(10-24-30(12)3)27-22-23-8-7-14(26-22)13-5-4-6-15(25-13)19-9-16(28-33-19)20-18(31)11-29(2)21(20)32/h4-10,18,20,31H,11H2,1-3H3,(H,23,26,27)/t18?,20-/m1/s1. The summed E-state index contributed by atoms with van der Waals surface area (Å²) in [6.07, 6.45) is 2.55. The molecule has 1 aliphatic heterocycles. The van der Waals surface area contributed by atoms with Gasteiger partial charge < -0.3 is 19.8 Å². The van der Waals surface area contributed by atoms with Crippen molar-refractivity contribution in [3.63, 3.8) is 0 Å². The number of nitrogens with one attached hydrogen (secondary N) is 1. The van der Waals surface area contributed by atoms with E-state index < -0.39 is 12.0 Å². The Morgan fingerprint density at radius 3 is 2.67 bits per heavy atom. The summed E-state index contributed by atoms with van der Waals surface area (Å²) >= 11 is 0. The SMILES string of the molecule is Cc1c(Nc2nccc(-c3cccc(-c4cc([C@H]5C(=O)N(C)CC5O)no4)n3)n2)cnn1C. The predicted octanol–water partition coefficient (Wildman–Crippen LogP) is 1.90. The van der Waals surface area contributed by atoms with E-state index in [1.807, 2.05) is 26.1 Å². The van der Waals surface area contributed by atoms with Gasteiger partial charge >= 0.3 is 0 Å². The van der Waals surface area contributed by atoms with Crippen LogP contribution in [0, 0.1) is 6.92 Å². The van der Waals surface area contributed by atoms with Crippen LogP contribution >= 0.6 is 0 Å². The van der Waals surface area contributed by atoms with E-state index in [0.29, 0.717) is 34.5 Å². The quantitative estimate of drug-likeness (QED) is 0.471. The molecule has 1 unspecified atom stereocenters. The monoisotopic (exact) mass is 446 g/mol. The van der Waals surface area contributed by atoms with E-state index in [9.17, 15) is 9.90 Å². The molecule has 1 aliphatic rings. The van der Waals surface area contributed by atoms with Gasteiger partial charge in [-0.05, 0) is 25.1 Å². The second kappa shape index (κ2) is 8.10. The van der Waals surface area contributed by atoms with Gasteiger partial charge in [-0.25, -0.2) is 15.0 Å². The van der Waals surface area contributed by atoms with Crippen molar-refractivity contribution < 1.29 is 14.4 Å². The Labute approximate surface area is 189 Å². The van der Waals surface area contributed by atoms with Crippen LogP contribution in [-0.4, -0.2) is 65.5 Å². The zero-order valence-corrected chi connectivity index (χ0v) is 18.3. The third-order valence-electron chi connectivity index (χ3n) is 5.74. The first kappa shape index (κ1) is 20.8. The molecule has 4 aromatic rings. The van der Waals surface area contributed by atoms with Gasteiger partial charge in [0.2, 0.25) is 11.9 Å². The van der Waals surface area contributed by atoms with E-state index in [1.54, 1.807) is 42.3 Å². The number of nitrogens with zero attached hydrogens (tertiary/aromatic N) is 7. The Bertz CT molecular complexity index is 1330. The highest BCUT2D eigenvalue weighted by Gasteiger charge is 2.40. The van der Waals surface area contributed by atoms with Crippen molar-refractivity contribution in [1.29, 1.82) is 0 Å². The lowest BCUT2D eigenvalue weighted by molar-refractivity contribution is -0.128. The first-order chi connectivity index (χ1) is 15.9. The van der Waals surface area contributed by atoms with Crippen molar-refractivity contribution in [3.8, 4) is 22.8 Å². The Balaban J connectivity index is 1.41. The number of hydrogen-bond acceptors (Lipinski definition) is 9. The summed E-state index contributed by atoms with van der Waals surface area (Å²) in [7, 11) is 3.52. The number of carbonyl (C=O) groups is 1. The molecule has 11 heteroatoms. The normalized spacial score (nSPS) is 18.2. The Morgan fingerprint density at radius 2 is 1.94 bits per heavy atom. The number of hydrogen-bond donors (Lipinski definition) is 2. The molecule has 0 aliphatic carbocycles. The number of likely N-dealkylation sites (N-methyl/N-ethyl adjacent to an activating group) is 1. The molecule has 4 aromatic heterocycles. The fraction of sp³-hybridized carbons (Fsp3) is 0.273. The van der Waals surface area contributed by atoms with Crippen molar-refractivity contribution in [2.75, 3.05) is 18.9 Å². The summed E-state index contributed by atoms with van der Waals surface area (Å²) in [4.78, 5) is 27.3. The summed E-state index contributed by atoms with van der Waals surface area (Å²) in [6, 6.07) is 8.87. The zero-order valence-electron chi connectivity index (χ0n) is 18.3. The minimum Gasteiger partial charge on any atom is -0.390 e. The van der Waals surface area contributed by atoms with Crippen LogP contribution < -0.4 is 5.32 Å². The van der Waals surface area contributed by atoms with Crippen LogP contribution in [0.1, 0.15) is 17.3 Å². The van der Waals surface area contributed by atoms with Crippen molar-refractivity contribution in [2.45, 2.75) is 18.9 Å². The average molecular weight is 446 g/mol. The number of β-amino-alcohol motifs (C(OH)–C–C–N with tert-alkyl or cyclic N) is 1. The van der Waals surface area contributed by atoms with E-state index >= 15 is 0 Å². The number of likely N-dealkylation sites (tertiary alicyclic amines) is 1. The maximum Gasteiger partial charge on any atom is 0.234 e. The van der Waals surface area contributed by atoms with Gasteiger partial charge in [0.25, 0.3) is 0 Å². The van der Waals surface area contributed by atoms with Crippen LogP contribution in [0.15, 0.2) is 47.2 Å². The lowest BCUT2D eigenvalue weighted by atomic mass is 10.0. The topological polar surface area (TPSA) is 135 Å². The van der Waals surface area contributed by atoms with Gasteiger partial charge in [-0.15, -0.1) is 0 Å². The number of amides is 1. The summed E-state index contributed by atoms with van der Waals surface area (Å²) in [5.74, 6) is -0.0913. The minimum atomic E-state index is -0.824. The molecule has 0 spiro atoms. The number of aryl methyl sites for hydroxylation is 1. The highest BCUT2D eigenvalue weighted by molar-refractivity contribution is 5.86. The Kier molecular flexibility index (Phi) is 5.09. The maximum absolute atomic E-state index is 12.3. The van der Waals surface area contributed by atoms with E-state index in [2.05, 4.69) is 30.5 Å². The summed E-state index contributed by atoms with van der Waals surface area (Å²) in [5.41, 5.74) is 3.95. The van der Waals surface area contributed by atoms with Gasteiger partial charge in [0.1, 0.15) is 11.6 Å². The van der Waals surface area contributed by atoms with E-state index in [4.69, 9.17) is 4.52 Å². The molecule has 1 amide bonds. The van der Waals surface area contributed by atoms with Crippen molar-refractivity contribution in [2.24, 2.45) is 7.05 Å². The van der Waals surface area contributed by atoms with Crippen molar-refractivity contribution >= 4 is 17.5 Å². The number of aliphatic hydroxyl groups excluding tert-OH is 1. The Hall–Kier alpha value is -4.12. The van der Waals surface area contributed by atoms with Gasteiger partial charge in [0, 0.05) is 32.9 Å². The molecule has 2 atom stereocenters. The molecular formula is C22H22N8O3. The summed E-state index contributed by atoms with van der Waals surface area (Å²) in [6.45, 7) is 2.22. The molecule has 0 radical (unpaired) electrons. The molecule has 5 heterocycles. The molecule has 11 nitrogen and oxygen atoms in total. The first-order valence-electron chi connectivity index (χ1n) is 10.4. The number of carbonyl (C=O) groups excluding carboxylic acids is 1. The molecule has 1 fully saturated rings. The van der Waals surface area contributed by atoms with Gasteiger partial charge in [-0.1, -0.05) is 11.2 Å². The first-order valence-corrected chi connectivity index (χ1v) is 10.4. The molecule has 0 bridgehead atoms. The number of aliphatic hydroxyl groups is 1. The van der Waals surface area contributed by atoms with E-state index in [1.165, 1.54) is 4.90 Å². The van der Waals surface area contributed by atoms with Crippen LogP contribution in [0.25, 0.3) is 22.8 Å². The average Bonchev–Trinajstić information content (AvgIpc) is 3.48. The smallest absolute Gasteiger partial charge is 0.234 e. The summed E-state index contributed by atoms with van der Waals surface area (Å²) in [5, 5.41) is 21.6. The van der Waals surface area contributed by atoms with Gasteiger partial charge in [-0.2, -0.15) is 5.10 Å². The van der Waals surface area contributed by atoms with Crippen LogP contribution in [0.3, 0.4) is 0 Å². The third kappa shape index (κ3) is 3.82. The van der Waals surface area contributed by atoms with Crippen LogP contribution in [0.4, 0.5) is 11.6 Å². The van der Waals surface area contributed by atoms with E-state index in [0.717, 1.165) is 11.4 Å². The van der Waals surface area contributed by atoms with Crippen LogP contribution in [0.2, 0.25) is 0 Å². The van der Waals surface area contributed by atoms with Gasteiger partial charge in [0.15, 0.2) is 5.76 Å². The van der Waals surface area contributed by atoms with E-state index in [-0.39, 0.29) is 12.5 Å². The lowest BCUT2D eigenvalue weighted by Crippen LogP contribution is -2.21. The molecule has 2 N–H and O–H groups in total. The second-order valence-corrected chi connectivity index (χ2v) is 7.95. The fourth-order valence-electron chi connectivity index (χ4n) is 3.78. The third-order valence-corrected chi connectivity index (χ3v) is 5.74. The number of rotatable bonds is 5. The number of anilines is 2. The number of pyridine rings is 1. The second-order valence-electron chi connectivity index (χ2n) is 7.95. The molecule has 33 heavy (non-hydrogen) atoms. The van der Waals surface area contributed by atoms with Gasteiger partial charge in [0.05, 0.1) is 40.8 Å². The maximum atomic E-state index is 12.3. The molecular weight excluding hydrogens is 424 g/mol. The fourth-order valence-corrected chi connectivity index (χ4v) is 3.78. The zero-order chi connectivity index (χ0) is 23.1. The highest BCUT2D eigenvalue weighted by Crippen LogP contribution is 2.31. The number of aromatic nitrogens is 6. The predicted molar refractivity (Wildman–Crippen MR) is 118 cm³/mol. The molecule has 0 aromatic carbocycles. The highest BCUT2D eigenvalue weighted by atomic mass is 16.5. The molecule has 5 rings (SSSR count). The summed E-state index contributed by atoms with van der Waals surface area (Å²) < 4.78 is 7.22. The minimum absolute atomic E-state index is 0.186. The lowest BCUT2D eigenvalue weighted by Gasteiger charge is -2.07. The van der Waals surface area contributed by atoms with Crippen LogP contribution in [0.5, 0.6) is 0 Å². The largest absolute Gasteiger partial charge is 0.390 e. The Morgan fingerprint density at radius 1 is 1.15 bits per heavy atom. The van der Waals surface area contributed by atoms with Crippen molar-refractivity contribution in [1.82, 2.24) is 34.8 Å². The van der Waals surface area contributed by atoms with Gasteiger partial charge in [-0.3, -0.25) is 9.48 Å². The molecule has 0 saturated carbocycles. The molecule has 168 valence electrons. The van der Waals surface area contributed by atoms with Crippen molar-refractivity contribution in [3.05, 3.63) is 54.1 Å². The van der Waals surface area contributed by atoms with Crippen LogP contribution in [-0.2, 0) is 11.8 Å². The molecule has 1 saturated heterocycles.